The van der Waals surface area contributed by atoms with Crippen LogP contribution in [0.5, 0.6) is 0 Å². The molecule has 0 saturated heterocycles. The Morgan fingerprint density at radius 2 is 1.82 bits per heavy atom. The Morgan fingerprint density at radius 3 is 2.41 bits per heavy atom. The summed E-state index contributed by atoms with van der Waals surface area (Å²) in [6, 6.07) is 7.46. The van der Waals surface area contributed by atoms with Gasteiger partial charge in [-0.05, 0) is 29.5 Å². The Balaban J connectivity index is 2.21. The van der Waals surface area contributed by atoms with Gasteiger partial charge in [0, 0.05) is 10.6 Å². The predicted molar refractivity (Wildman–Crippen MR) is 71.6 cm³/mol. The van der Waals surface area contributed by atoms with Gasteiger partial charge in [0.25, 0.3) is 0 Å². The fourth-order valence-corrected chi connectivity index (χ4v) is 2.56. The molecule has 0 aliphatic rings. The molecule has 0 saturated carbocycles. The average molecular weight is 267 g/mol. The summed E-state index contributed by atoms with van der Waals surface area (Å²) >= 11 is 5.84. The molecule has 0 atom stereocenters. The molecule has 90 valence electrons. The van der Waals surface area contributed by atoms with Gasteiger partial charge in [-0.1, -0.05) is 31.2 Å². The van der Waals surface area contributed by atoms with E-state index < -0.39 is 8.07 Å². The van der Waals surface area contributed by atoms with Crippen LogP contribution >= 0.6 is 11.6 Å². The Bertz CT molecular complexity index is 501. The lowest BCUT2D eigenvalue weighted by atomic mass is 10.2. The second-order valence-corrected chi connectivity index (χ2v) is 11.1. The summed E-state index contributed by atoms with van der Waals surface area (Å²) in [5, 5.41) is 13.2. The molecule has 1 aromatic heterocycles. The van der Waals surface area contributed by atoms with Crippen LogP contribution in [0, 0.1) is 0 Å². The minimum absolute atomic E-state index is 0.653. The van der Waals surface area contributed by atoms with Gasteiger partial charge in [-0.2, -0.15) is 4.80 Å². The standard InChI is InChI=1S/C11H15ClN4Si/c1-17(2,3)8-16-14-11(13-15-16)9-4-6-10(12)7-5-9/h4-7H,8H2,1-3H3. The second kappa shape index (κ2) is 4.58. The molecule has 0 radical (unpaired) electrons. The highest BCUT2D eigenvalue weighted by Crippen LogP contribution is 2.17. The minimum atomic E-state index is -1.22. The molecule has 17 heavy (non-hydrogen) atoms. The van der Waals surface area contributed by atoms with Crippen LogP contribution in [-0.2, 0) is 6.17 Å². The fraction of sp³-hybridized carbons (Fsp3) is 0.364. The van der Waals surface area contributed by atoms with Crippen LogP contribution in [0.2, 0.25) is 24.7 Å². The number of nitrogens with zero attached hydrogens (tertiary/aromatic N) is 4. The zero-order valence-electron chi connectivity index (χ0n) is 10.2. The number of benzene rings is 1. The van der Waals surface area contributed by atoms with E-state index in [0.717, 1.165) is 11.7 Å². The van der Waals surface area contributed by atoms with Crippen LogP contribution in [0.1, 0.15) is 0 Å². The van der Waals surface area contributed by atoms with Gasteiger partial charge in [0.05, 0.1) is 14.2 Å². The maximum atomic E-state index is 5.84. The Hall–Kier alpha value is -1.20. The zero-order chi connectivity index (χ0) is 12.5. The highest BCUT2D eigenvalue weighted by atomic mass is 35.5. The van der Waals surface area contributed by atoms with E-state index in [2.05, 4.69) is 35.1 Å². The van der Waals surface area contributed by atoms with Gasteiger partial charge in [0.15, 0.2) is 0 Å². The third-order valence-corrected chi connectivity index (χ3v) is 3.65. The third-order valence-electron chi connectivity index (χ3n) is 2.17. The summed E-state index contributed by atoms with van der Waals surface area (Å²) in [7, 11) is -1.22. The molecule has 0 N–H and O–H groups in total. The van der Waals surface area contributed by atoms with Crippen molar-refractivity contribution in [3.8, 4) is 11.4 Å². The van der Waals surface area contributed by atoms with E-state index in [-0.39, 0.29) is 0 Å². The van der Waals surface area contributed by atoms with Crippen molar-refractivity contribution in [2.45, 2.75) is 25.8 Å². The number of halogens is 1. The summed E-state index contributed by atoms with van der Waals surface area (Å²) in [4.78, 5) is 1.69. The van der Waals surface area contributed by atoms with Crippen molar-refractivity contribution < 1.29 is 0 Å². The van der Waals surface area contributed by atoms with Gasteiger partial charge in [-0.15, -0.1) is 10.2 Å². The van der Waals surface area contributed by atoms with E-state index in [0.29, 0.717) is 10.8 Å². The highest BCUT2D eigenvalue weighted by molar-refractivity contribution is 6.74. The second-order valence-electron chi connectivity index (χ2n) is 5.21. The van der Waals surface area contributed by atoms with Gasteiger partial charge >= 0.3 is 0 Å². The molecule has 1 heterocycles. The summed E-state index contributed by atoms with van der Waals surface area (Å²) in [5.74, 6) is 0.653. The van der Waals surface area contributed by atoms with Crippen molar-refractivity contribution in [2.24, 2.45) is 0 Å². The summed E-state index contributed by atoms with van der Waals surface area (Å²) in [6.45, 7) is 6.83. The molecule has 0 aliphatic carbocycles. The lowest BCUT2D eigenvalue weighted by Crippen LogP contribution is -2.29. The maximum absolute atomic E-state index is 5.84. The van der Waals surface area contributed by atoms with Gasteiger partial charge in [-0.25, -0.2) is 0 Å². The lowest BCUT2D eigenvalue weighted by molar-refractivity contribution is 0.600. The van der Waals surface area contributed by atoms with Crippen LogP contribution < -0.4 is 0 Å². The predicted octanol–water partition coefficient (Wildman–Crippen LogP) is 2.87. The molecule has 0 aliphatic heterocycles. The van der Waals surface area contributed by atoms with Gasteiger partial charge < -0.3 is 0 Å². The Kier molecular flexibility index (Phi) is 3.30. The first-order valence-corrected chi connectivity index (χ1v) is 9.56. The normalized spacial score (nSPS) is 11.8. The largest absolute Gasteiger partial charge is 0.204 e. The molecule has 0 unspecified atom stereocenters. The first-order valence-electron chi connectivity index (χ1n) is 5.48. The fourth-order valence-electron chi connectivity index (χ4n) is 1.45. The molecule has 0 fully saturated rings. The van der Waals surface area contributed by atoms with Gasteiger partial charge in [0.2, 0.25) is 5.82 Å². The molecule has 1 aromatic carbocycles. The van der Waals surface area contributed by atoms with E-state index in [9.17, 15) is 0 Å². The van der Waals surface area contributed by atoms with Crippen LogP contribution in [0.25, 0.3) is 11.4 Å². The molecule has 0 amide bonds. The molecule has 0 bridgehead atoms. The van der Waals surface area contributed by atoms with Crippen LogP contribution in [-0.4, -0.2) is 28.3 Å². The van der Waals surface area contributed by atoms with Crippen molar-refractivity contribution in [3.05, 3.63) is 29.3 Å². The van der Waals surface area contributed by atoms with Crippen molar-refractivity contribution in [1.82, 2.24) is 20.2 Å². The summed E-state index contributed by atoms with van der Waals surface area (Å²) < 4.78 is 0. The Morgan fingerprint density at radius 1 is 1.18 bits per heavy atom. The molecular weight excluding hydrogens is 252 g/mol. The molecule has 0 spiro atoms. The Labute approximate surface area is 107 Å². The van der Waals surface area contributed by atoms with E-state index in [1.165, 1.54) is 0 Å². The first-order chi connectivity index (χ1) is 7.94. The summed E-state index contributed by atoms with van der Waals surface area (Å²) in [6.07, 6.45) is 0.883. The lowest BCUT2D eigenvalue weighted by Gasteiger charge is -2.12. The van der Waals surface area contributed by atoms with Gasteiger partial charge in [0.1, 0.15) is 0 Å². The van der Waals surface area contributed by atoms with Gasteiger partial charge in [-0.3, -0.25) is 0 Å². The van der Waals surface area contributed by atoms with Crippen LogP contribution in [0.4, 0.5) is 0 Å². The van der Waals surface area contributed by atoms with E-state index >= 15 is 0 Å². The smallest absolute Gasteiger partial charge is 0.167 e. The van der Waals surface area contributed by atoms with Crippen LogP contribution in [0.3, 0.4) is 0 Å². The zero-order valence-corrected chi connectivity index (χ0v) is 11.9. The van der Waals surface area contributed by atoms with Crippen molar-refractivity contribution in [3.63, 3.8) is 0 Å². The maximum Gasteiger partial charge on any atom is 0.204 e. The molecule has 2 rings (SSSR count). The number of aromatic nitrogens is 4. The third kappa shape index (κ3) is 3.37. The minimum Gasteiger partial charge on any atom is -0.167 e. The monoisotopic (exact) mass is 266 g/mol. The first kappa shape index (κ1) is 12.3. The van der Waals surface area contributed by atoms with E-state index in [4.69, 9.17) is 11.6 Å². The van der Waals surface area contributed by atoms with E-state index in [1.807, 2.05) is 24.3 Å². The number of hydrogen-bond acceptors (Lipinski definition) is 3. The number of hydrogen-bond donors (Lipinski definition) is 0. The average Bonchev–Trinajstić information content (AvgIpc) is 2.64. The van der Waals surface area contributed by atoms with Crippen molar-refractivity contribution >= 4 is 19.7 Å². The number of rotatable bonds is 3. The highest BCUT2D eigenvalue weighted by Gasteiger charge is 2.16. The SMILES string of the molecule is C[Si](C)(C)Cn1nnc(-c2ccc(Cl)cc2)n1. The summed E-state index contributed by atoms with van der Waals surface area (Å²) in [5.41, 5.74) is 0.941. The molecule has 4 nitrogen and oxygen atoms in total. The van der Waals surface area contributed by atoms with Crippen molar-refractivity contribution in [1.29, 1.82) is 0 Å². The number of tetrazole rings is 1. The molecule has 2 aromatic rings. The quantitative estimate of drug-likeness (QED) is 0.803. The van der Waals surface area contributed by atoms with Crippen LogP contribution in [0.15, 0.2) is 24.3 Å². The topological polar surface area (TPSA) is 43.6 Å². The van der Waals surface area contributed by atoms with E-state index in [1.54, 1.807) is 4.80 Å². The molecular formula is C11H15ClN4Si. The molecule has 6 heteroatoms. The van der Waals surface area contributed by atoms with Crippen molar-refractivity contribution in [2.75, 3.05) is 0 Å².